The van der Waals surface area contributed by atoms with Gasteiger partial charge in [0.05, 0.1) is 11.3 Å². The molecular formula is C19H16F3N3S. The van der Waals surface area contributed by atoms with Gasteiger partial charge in [-0.05, 0) is 34.5 Å². The molecule has 0 bridgehead atoms. The first-order chi connectivity index (χ1) is 12.5. The van der Waals surface area contributed by atoms with Gasteiger partial charge in [0.1, 0.15) is 0 Å². The molecule has 3 heterocycles. The second kappa shape index (κ2) is 6.81. The number of aromatic nitrogens is 2. The Labute approximate surface area is 153 Å². The number of hydrogen-bond acceptors (Lipinski definition) is 4. The van der Waals surface area contributed by atoms with E-state index in [9.17, 15) is 13.2 Å². The Kier molecular flexibility index (Phi) is 4.50. The standard InChI is InChI=1S/C19H16F3N3S/c20-19(21,22)16-3-1-14(2-4-16)18-23-9-15-11-25(7-5-17(15)24-18)10-13-6-8-26-12-13/h1-4,6,8-9,12H,5,7,10-11H2. The molecule has 0 fully saturated rings. The van der Waals surface area contributed by atoms with Gasteiger partial charge in [-0.2, -0.15) is 24.5 Å². The fraction of sp³-hybridized carbons (Fsp3) is 0.263. The van der Waals surface area contributed by atoms with Crippen LogP contribution in [0.2, 0.25) is 0 Å². The van der Waals surface area contributed by atoms with Gasteiger partial charge in [-0.1, -0.05) is 12.1 Å². The molecule has 3 aromatic rings. The first-order valence-corrected chi connectivity index (χ1v) is 9.19. The normalized spacial score (nSPS) is 15.0. The summed E-state index contributed by atoms with van der Waals surface area (Å²) in [4.78, 5) is 11.3. The maximum atomic E-state index is 12.7. The monoisotopic (exact) mass is 375 g/mol. The Balaban J connectivity index is 1.51. The maximum absolute atomic E-state index is 12.7. The number of halogens is 3. The molecule has 0 radical (unpaired) electrons. The van der Waals surface area contributed by atoms with Crippen LogP contribution in [0.1, 0.15) is 22.4 Å². The fourth-order valence-corrected chi connectivity index (χ4v) is 3.76. The van der Waals surface area contributed by atoms with Crippen molar-refractivity contribution in [3.63, 3.8) is 0 Å². The van der Waals surface area contributed by atoms with E-state index in [1.54, 1.807) is 17.5 Å². The van der Waals surface area contributed by atoms with E-state index < -0.39 is 11.7 Å². The van der Waals surface area contributed by atoms with Crippen LogP contribution in [0.5, 0.6) is 0 Å². The van der Waals surface area contributed by atoms with Crippen molar-refractivity contribution < 1.29 is 13.2 Å². The van der Waals surface area contributed by atoms with Crippen LogP contribution in [0.15, 0.2) is 47.3 Å². The molecule has 0 saturated carbocycles. The largest absolute Gasteiger partial charge is 0.416 e. The van der Waals surface area contributed by atoms with Gasteiger partial charge in [-0.3, -0.25) is 4.90 Å². The molecule has 26 heavy (non-hydrogen) atoms. The van der Waals surface area contributed by atoms with Crippen molar-refractivity contribution in [2.24, 2.45) is 0 Å². The van der Waals surface area contributed by atoms with Gasteiger partial charge in [0.25, 0.3) is 0 Å². The van der Waals surface area contributed by atoms with Crippen LogP contribution < -0.4 is 0 Å². The van der Waals surface area contributed by atoms with Crippen molar-refractivity contribution in [1.29, 1.82) is 0 Å². The minimum Gasteiger partial charge on any atom is -0.294 e. The average Bonchev–Trinajstić information content (AvgIpc) is 3.14. The molecule has 0 amide bonds. The van der Waals surface area contributed by atoms with Crippen molar-refractivity contribution >= 4 is 11.3 Å². The van der Waals surface area contributed by atoms with E-state index >= 15 is 0 Å². The first-order valence-electron chi connectivity index (χ1n) is 8.25. The van der Waals surface area contributed by atoms with Gasteiger partial charge >= 0.3 is 6.18 Å². The van der Waals surface area contributed by atoms with E-state index in [1.165, 1.54) is 17.7 Å². The number of alkyl halides is 3. The van der Waals surface area contributed by atoms with Crippen molar-refractivity contribution in [2.45, 2.75) is 25.7 Å². The van der Waals surface area contributed by atoms with E-state index in [4.69, 9.17) is 0 Å². The highest BCUT2D eigenvalue weighted by molar-refractivity contribution is 7.07. The highest BCUT2D eigenvalue weighted by atomic mass is 32.1. The maximum Gasteiger partial charge on any atom is 0.416 e. The van der Waals surface area contributed by atoms with Crippen LogP contribution >= 0.6 is 11.3 Å². The van der Waals surface area contributed by atoms with E-state index in [-0.39, 0.29) is 0 Å². The smallest absolute Gasteiger partial charge is 0.294 e. The number of nitrogens with zero attached hydrogens (tertiary/aromatic N) is 3. The number of benzene rings is 1. The predicted molar refractivity (Wildman–Crippen MR) is 94.6 cm³/mol. The van der Waals surface area contributed by atoms with Gasteiger partial charge in [-0.25, -0.2) is 9.97 Å². The topological polar surface area (TPSA) is 29.0 Å². The average molecular weight is 375 g/mol. The summed E-state index contributed by atoms with van der Waals surface area (Å²) >= 11 is 1.69. The van der Waals surface area contributed by atoms with Crippen LogP contribution in [0, 0.1) is 0 Å². The molecule has 0 aliphatic carbocycles. The van der Waals surface area contributed by atoms with Crippen LogP contribution in [-0.4, -0.2) is 21.4 Å². The molecule has 0 spiro atoms. The van der Waals surface area contributed by atoms with Gasteiger partial charge in [0.15, 0.2) is 5.82 Å². The predicted octanol–water partition coefficient (Wildman–Crippen LogP) is 4.78. The third kappa shape index (κ3) is 3.64. The van der Waals surface area contributed by atoms with Gasteiger partial charge in [-0.15, -0.1) is 0 Å². The molecule has 1 aliphatic heterocycles. The molecule has 0 atom stereocenters. The summed E-state index contributed by atoms with van der Waals surface area (Å²) in [6.45, 7) is 2.61. The first kappa shape index (κ1) is 17.2. The highest BCUT2D eigenvalue weighted by Crippen LogP contribution is 2.30. The van der Waals surface area contributed by atoms with Gasteiger partial charge in [0, 0.05) is 43.4 Å². The minimum atomic E-state index is -4.33. The fourth-order valence-electron chi connectivity index (χ4n) is 3.10. The van der Waals surface area contributed by atoms with Crippen LogP contribution in [0.3, 0.4) is 0 Å². The Bertz CT molecular complexity index is 889. The number of thiophene rings is 1. The van der Waals surface area contributed by atoms with E-state index in [1.807, 2.05) is 0 Å². The zero-order valence-electron chi connectivity index (χ0n) is 13.8. The minimum absolute atomic E-state index is 0.476. The molecule has 0 saturated heterocycles. The van der Waals surface area contributed by atoms with E-state index in [0.29, 0.717) is 11.4 Å². The van der Waals surface area contributed by atoms with Crippen LogP contribution in [0.4, 0.5) is 13.2 Å². The lowest BCUT2D eigenvalue weighted by atomic mass is 10.1. The number of hydrogen-bond donors (Lipinski definition) is 0. The third-order valence-electron chi connectivity index (χ3n) is 4.47. The lowest BCUT2D eigenvalue weighted by Crippen LogP contribution is -2.30. The summed E-state index contributed by atoms with van der Waals surface area (Å²) in [5.74, 6) is 0.476. The molecular weight excluding hydrogens is 359 g/mol. The summed E-state index contributed by atoms with van der Waals surface area (Å²) in [6.07, 6.45) is -1.72. The van der Waals surface area contributed by atoms with Crippen molar-refractivity contribution in [1.82, 2.24) is 14.9 Å². The molecule has 1 aromatic carbocycles. The summed E-state index contributed by atoms with van der Waals surface area (Å²) < 4.78 is 38.1. The quantitative estimate of drug-likeness (QED) is 0.660. The summed E-state index contributed by atoms with van der Waals surface area (Å²) in [6, 6.07) is 7.12. The lowest BCUT2D eigenvalue weighted by Gasteiger charge is -2.27. The molecule has 0 N–H and O–H groups in total. The lowest BCUT2D eigenvalue weighted by molar-refractivity contribution is -0.137. The Hall–Kier alpha value is -2.25. The highest BCUT2D eigenvalue weighted by Gasteiger charge is 2.30. The van der Waals surface area contributed by atoms with E-state index in [0.717, 1.165) is 49.4 Å². The van der Waals surface area contributed by atoms with Crippen molar-refractivity contribution in [3.8, 4) is 11.4 Å². The van der Waals surface area contributed by atoms with Crippen LogP contribution in [0.25, 0.3) is 11.4 Å². The summed E-state index contributed by atoms with van der Waals surface area (Å²) in [5.41, 5.74) is 3.31. The van der Waals surface area contributed by atoms with E-state index in [2.05, 4.69) is 31.7 Å². The van der Waals surface area contributed by atoms with Gasteiger partial charge < -0.3 is 0 Å². The van der Waals surface area contributed by atoms with Crippen molar-refractivity contribution in [3.05, 3.63) is 69.7 Å². The SMILES string of the molecule is FC(F)(F)c1ccc(-c2ncc3c(n2)CCN(Cc2ccsc2)C3)cc1. The molecule has 134 valence electrons. The van der Waals surface area contributed by atoms with Crippen LogP contribution in [-0.2, 0) is 25.7 Å². The molecule has 3 nitrogen and oxygen atoms in total. The van der Waals surface area contributed by atoms with Gasteiger partial charge in [0.2, 0.25) is 0 Å². The van der Waals surface area contributed by atoms with Crippen molar-refractivity contribution in [2.75, 3.05) is 6.54 Å². The number of fused-ring (bicyclic) bond motifs is 1. The molecule has 1 aliphatic rings. The molecule has 7 heteroatoms. The second-order valence-corrected chi connectivity index (χ2v) is 7.11. The Morgan fingerprint density at radius 1 is 1.12 bits per heavy atom. The Morgan fingerprint density at radius 3 is 2.62 bits per heavy atom. The molecule has 2 aromatic heterocycles. The summed E-state index contributed by atoms with van der Waals surface area (Å²) in [7, 11) is 0. The molecule has 0 unspecified atom stereocenters. The second-order valence-electron chi connectivity index (χ2n) is 6.33. The summed E-state index contributed by atoms with van der Waals surface area (Å²) in [5, 5.41) is 4.23. The Morgan fingerprint density at radius 2 is 1.92 bits per heavy atom. The zero-order valence-corrected chi connectivity index (χ0v) is 14.6. The molecule has 4 rings (SSSR count). The third-order valence-corrected chi connectivity index (χ3v) is 5.20. The number of rotatable bonds is 3. The zero-order chi connectivity index (χ0) is 18.1.